The van der Waals surface area contributed by atoms with Gasteiger partial charge in [0.25, 0.3) is 0 Å². The highest BCUT2D eigenvalue weighted by Crippen LogP contribution is 2.45. The fraction of sp³-hybridized carbons (Fsp3) is 0.400. The molecule has 1 aliphatic rings. The third-order valence-electron chi connectivity index (χ3n) is 4.68. The van der Waals surface area contributed by atoms with Crippen LogP contribution >= 0.6 is 0 Å². The Balaban J connectivity index is 1.93. The molecule has 0 aromatic heterocycles. The van der Waals surface area contributed by atoms with Gasteiger partial charge in [0, 0.05) is 16.8 Å². The molecule has 1 atom stereocenters. The zero-order valence-corrected chi connectivity index (χ0v) is 14.1. The second kappa shape index (κ2) is 6.63. The van der Waals surface area contributed by atoms with Crippen molar-refractivity contribution in [2.75, 3.05) is 11.9 Å². The molecule has 0 bridgehead atoms. The Kier molecular flexibility index (Phi) is 4.58. The van der Waals surface area contributed by atoms with E-state index < -0.39 is 0 Å². The number of hydrogen-bond donors (Lipinski definition) is 1. The predicted molar refractivity (Wildman–Crippen MR) is 93.8 cm³/mol. The minimum Gasteiger partial charge on any atom is -0.494 e. The van der Waals surface area contributed by atoms with Crippen LogP contribution < -0.4 is 10.1 Å². The third-order valence-corrected chi connectivity index (χ3v) is 4.68. The van der Waals surface area contributed by atoms with Gasteiger partial charge in [0.1, 0.15) is 5.75 Å². The molecule has 0 unspecified atom stereocenters. The molecule has 3 rings (SSSR count). The molecule has 1 N–H and O–H groups in total. The number of fused-ring (bicyclic) bond motifs is 1. The summed E-state index contributed by atoms with van der Waals surface area (Å²) in [4.78, 5) is 0. The van der Waals surface area contributed by atoms with Crippen molar-refractivity contribution in [3.05, 3.63) is 59.7 Å². The summed E-state index contributed by atoms with van der Waals surface area (Å²) in [7, 11) is 0. The van der Waals surface area contributed by atoms with Gasteiger partial charge < -0.3 is 14.8 Å². The fourth-order valence-electron chi connectivity index (χ4n) is 3.32. The molecule has 0 spiro atoms. The molecule has 23 heavy (non-hydrogen) atoms. The second-order valence-corrected chi connectivity index (χ2v) is 5.89. The monoisotopic (exact) mass is 311 g/mol. The quantitative estimate of drug-likeness (QED) is 0.819. The van der Waals surface area contributed by atoms with Crippen molar-refractivity contribution in [3.63, 3.8) is 0 Å². The SMILES string of the molecule is CCOc1ccc([C@@H]2Nc3ccccc3C(CC)(CC)O2)cc1. The number of para-hydroxylation sites is 1. The van der Waals surface area contributed by atoms with Crippen LogP contribution in [0.5, 0.6) is 5.75 Å². The van der Waals surface area contributed by atoms with Gasteiger partial charge in [-0.25, -0.2) is 0 Å². The molecular formula is C20H25NO2. The highest BCUT2D eigenvalue weighted by atomic mass is 16.5. The maximum absolute atomic E-state index is 6.53. The van der Waals surface area contributed by atoms with Crippen molar-refractivity contribution < 1.29 is 9.47 Å². The summed E-state index contributed by atoms with van der Waals surface area (Å²) >= 11 is 0. The smallest absolute Gasteiger partial charge is 0.155 e. The topological polar surface area (TPSA) is 30.5 Å². The predicted octanol–water partition coefficient (Wildman–Crippen LogP) is 5.24. The van der Waals surface area contributed by atoms with Crippen molar-refractivity contribution in [1.82, 2.24) is 0 Å². The fourth-order valence-corrected chi connectivity index (χ4v) is 3.32. The van der Waals surface area contributed by atoms with E-state index in [2.05, 4.69) is 55.6 Å². The van der Waals surface area contributed by atoms with Gasteiger partial charge in [-0.1, -0.05) is 44.2 Å². The van der Waals surface area contributed by atoms with Gasteiger partial charge in [0.05, 0.1) is 12.2 Å². The number of benzene rings is 2. The maximum atomic E-state index is 6.53. The molecule has 0 radical (unpaired) electrons. The molecule has 2 aromatic rings. The second-order valence-electron chi connectivity index (χ2n) is 5.89. The molecular weight excluding hydrogens is 286 g/mol. The summed E-state index contributed by atoms with van der Waals surface area (Å²) in [5, 5.41) is 3.53. The summed E-state index contributed by atoms with van der Waals surface area (Å²) in [5.74, 6) is 0.893. The van der Waals surface area contributed by atoms with Crippen LogP contribution in [0.15, 0.2) is 48.5 Å². The Hall–Kier alpha value is -2.00. The lowest BCUT2D eigenvalue weighted by Crippen LogP contribution is -2.37. The molecule has 122 valence electrons. The summed E-state index contributed by atoms with van der Waals surface area (Å²) in [6, 6.07) is 16.6. The Labute approximate surface area is 138 Å². The molecule has 3 nitrogen and oxygen atoms in total. The third kappa shape index (κ3) is 2.93. The highest BCUT2D eigenvalue weighted by Gasteiger charge is 2.38. The molecule has 0 saturated heterocycles. The number of hydrogen-bond acceptors (Lipinski definition) is 3. The van der Waals surface area contributed by atoms with E-state index in [-0.39, 0.29) is 11.8 Å². The largest absolute Gasteiger partial charge is 0.494 e. The zero-order chi connectivity index (χ0) is 16.3. The van der Waals surface area contributed by atoms with E-state index in [9.17, 15) is 0 Å². The molecule has 0 aliphatic carbocycles. The van der Waals surface area contributed by atoms with Crippen LogP contribution in [0, 0.1) is 0 Å². The van der Waals surface area contributed by atoms with Crippen LogP contribution in [0.25, 0.3) is 0 Å². The molecule has 3 heteroatoms. The van der Waals surface area contributed by atoms with Crippen molar-refractivity contribution in [1.29, 1.82) is 0 Å². The minimum atomic E-state index is -0.231. The first-order valence-electron chi connectivity index (χ1n) is 8.49. The lowest BCUT2D eigenvalue weighted by Gasteiger charge is -2.43. The van der Waals surface area contributed by atoms with Gasteiger partial charge in [-0.2, -0.15) is 0 Å². The number of anilines is 1. The van der Waals surface area contributed by atoms with E-state index >= 15 is 0 Å². The lowest BCUT2D eigenvalue weighted by atomic mass is 9.85. The minimum absolute atomic E-state index is 0.138. The number of ether oxygens (including phenoxy) is 2. The number of nitrogens with one attached hydrogen (secondary N) is 1. The molecule has 0 amide bonds. The van der Waals surface area contributed by atoms with Crippen LogP contribution in [0.2, 0.25) is 0 Å². The molecule has 0 saturated carbocycles. The van der Waals surface area contributed by atoms with Gasteiger partial charge in [-0.15, -0.1) is 0 Å². The standard InChI is InChI=1S/C20H25NO2/c1-4-20(5-2)17-9-7-8-10-18(17)21-19(23-20)15-11-13-16(14-12-15)22-6-3/h7-14,19,21H,4-6H2,1-3H3/t19-/m1/s1. The molecule has 1 heterocycles. The summed E-state index contributed by atoms with van der Waals surface area (Å²) in [5.41, 5.74) is 3.31. The van der Waals surface area contributed by atoms with Crippen LogP contribution in [-0.4, -0.2) is 6.61 Å². The first-order chi connectivity index (χ1) is 11.2. The number of rotatable bonds is 5. The molecule has 0 fully saturated rings. The van der Waals surface area contributed by atoms with E-state index in [0.717, 1.165) is 24.2 Å². The Morgan fingerprint density at radius 1 is 1.00 bits per heavy atom. The summed E-state index contributed by atoms with van der Waals surface area (Å²) in [6.07, 6.45) is 1.77. The van der Waals surface area contributed by atoms with Gasteiger partial charge in [0.2, 0.25) is 0 Å². The summed E-state index contributed by atoms with van der Waals surface area (Å²) in [6.45, 7) is 7.06. The molecule has 2 aromatic carbocycles. The maximum Gasteiger partial charge on any atom is 0.155 e. The Morgan fingerprint density at radius 2 is 1.70 bits per heavy atom. The van der Waals surface area contributed by atoms with Crippen LogP contribution in [0.4, 0.5) is 5.69 Å². The van der Waals surface area contributed by atoms with Crippen molar-refractivity contribution in [3.8, 4) is 5.75 Å². The molecule has 1 aliphatic heterocycles. The van der Waals surface area contributed by atoms with E-state index in [1.807, 2.05) is 19.1 Å². The van der Waals surface area contributed by atoms with Gasteiger partial charge >= 0.3 is 0 Å². The van der Waals surface area contributed by atoms with Gasteiger partial charge in [-0.05, 0) is 38.0 Å². The highest BCUT2D eigenvalue weighted by molar-refractivity contribution is 5.57. The van der Waals surface area contributed by atoms with E-state index in [4.69, 9.17) is 9.47 Å². The lowest BCUT2D eigenvalue weighted by molar-refractivity contribution is -0.103. The van der Waals surface area contributed by atoms with Crippen molar-refractivity contribution >= 4 is 5.69 Å². The van der Waals surface area contributed by atoms with E-state index in [1.54, 1.807) is 0 Å². The Bertz CT molecular complexity index is 647. The van der Waals surface area contributed by atoms with Crippen molar-refractivity contribution in [2.24, 2.45) is 0 Å². The zero-order valence-electron chi connectivity index (χ0n) is 14.1. The van der Waals surface area contributed by atoms with Crippen LogP contribution in [0.3, 0.4) is 0 Å². The Morgan fingerprint density at radius 3 is 2.35 bits per heavy atom. The van der Waals surface area contributed by atoms with Gasteiger partial charge in [-0.3, -0.25) is 0 Å². The summed E-state index contributed by atoms with van der Waals surface area (Å²) < 4.78 is 12.1. The average Bonchev–Trinajstić information content (AvgIpc) is 2.61. The first kappa shape index (κ1) is 15.9. The van der Waals surface area contributed by atoms with Crippen LogP contribution in [0.1, 0.15) is 51.0 Å². The van der Waals surface area contributed by atoms with Crippen LogP contribution in [-0.2, 0) is 10.3 Å². The van der Waals surface area contributed by atoms with Gasteiger partial charge in [0.15, 0.2) is 6.23 Å². The normalized spacial score (nSPS) is 18.8. The van der Waals surface area contributed by atoms with E-state index in [0.29, 0.717) is 6.61 Å². The van der Waals surface area contributed by atoms with E-state index in [1.165, 1.54) is 11.3 Å². The van der Waals surface area contributed by atoms with Crippen molar-refractivity contribution in [2.45, 2.75) is 45.4 Å². The first-order valence-corrected chi connectivity index (χ1v) is 8.49. The average molecular weight is 311 g/mol.